The van der Waals surface area contributed by atoms with Crippen LogP contribution in [-0.4, -0.2) is 53.8 Å². The molecule has 2 N–H and O–H groups in total. The Bertz CT molecular complexity index is 1500. The molecular formula is C29H25ClF3N5O. The number of rotatable bonds is 5. The molecule has 2 heterocycles. The van der Waals surface area contributed by atoms with Gasteiger partial charge in [0.15, 0.2) is 5.78 Å². The molecule has 0 saturated carbocycles. The molecule has 39 heavy (non-hydrogen) atoms. The maximum absolute atomic E-state index is 13.9. The second-order valence-electron chi connectivity index (χ2n) is 9.35. The number of pyridine rings is 1. The summed E-state index contributed by atoms with van der Waals surface area (Å²) in [6.07, 6.45) is -3.41. The highest BCUT2D eigenvalue weighted by Crippen LogP contribution is 2.34. The van der Waals surface area contributed by atoms with Gasteiger partial charge in [-0.1, -0.05) is 35.6 Å². The predicted octanol–water partition coefficient (Wildman–Crippen LogP) is 5.46. The van der Waals surface area contributed by atoms with Gasteiger partial charge in [-0.25, -0.2) is 4.85 Å². The highest BCUT2D eigenvalue weighted by molar-refractivity contribution is 6.31. The first kappa shape index (κ1) is 28.1. The number of alkyl halides is 3. The van der Waals surface area contributed by atoms with E-state index in [4.69, 9.17) is 23.9 Å². The van der Waals surface area contributed by atoms with Crippen molar-refractivity contribution in [1.82, 2.24) is 14.8 Å². The smallest absolute Gasteiger partial charge is 0.383 e. The van der Waals surface area contributed by atoms with Gasteiger partial charge in [0.25, 0.3) is 0 Å². The van der Waals surface area contributed by atoms with Crippen LogP contribution in [0.1, 0.15) is 38.2 Å². The van der Waals surface area contributed by atoms with Gasteiger partial charge < -0.3 is 10.6 Å². The van der Waals surface area contributed by atoms with Crippen molar-refractivity contribution in [2.24, 2.45) is 0 Å². The summed E-state index contributed by atoms with van der Waals surface area (Å²) in [6, 6.07) is 10.1. The molecule has 1 fully saturated rings. The minimum Gasteiger partial charge on any atom is -0.383 e. The fourth-order valence-electron chi connectivity index (χ4n) is 4.22. The van der Waals surface area contributed by atoms with E-state index in [2.05, 4.69) is 26.6 Å². The molecular weight excluding hydrogens is 527 g/mol. The van der Waals surface area contributed by atoms with Crippen LogP contribution in [-0.2, 0) is 19.1 Å². The van der Waals surface area contributed by atoms with Gasteiger partial charge in [0.2, 0.25) is 5.69 Å². The Labute approximate surface area is 230 Å². The maximum Gasteiger partial charge on any atom is 0.416 e. The van der Waals surface area contributed by atoms with Gasteiger partial charge in [0.05, 0.1) is 22.7 Å². The fourth-order valence-corrected chi connectivity index (χ4v) is 4.39. The van der Waals surface area contributed by atoms with Gasteiger partial charge in [0.1, 0.15) is 5.82 Å². The average molecular weight is 552 g/mol. The lowest BCUT2D eigenvalue weighted by Gasteiger charge is -2.33. The number of benzene rings is 2. The summed E-state index contributed by atoms with van der Waals surface area (Å²) in [5.41, 5.74) is 6.80. The first-order valence-electron chi connectivity index (χ1n) is 12.1. The lowest BCUT2D eigenvalue weighted by molar-refractivity contribution is -0.138. The largest absolute Gasteiger partial charge is 0.416 e. The molecule has 0 spiro atoms. The third-order valence-corrected chi connectivity index (χ3v) is 6.82. The van der Waals surface area contributed by atoms with Crippen molar-refractivity contribution in [3.8, 4) is 11.8 Å². The first-order valence-corrected chi connectivity index (χ1v) is 12.5. The van der Waals surface area contributed by atoms with Crippen LogP contribution in [0.25, 0.3) is 4.85 Å². The van der Waals surface area contributed by atoms with Crippen LogP contribution in [0.4, 0.5) is 24.7 Å². The van der Waals surface area contributed by atoms with Crippen LogP contribution < -0.4 is 5.73 Å². The zero-order valence-corrected chi connectivity index (χ0v) is 21.9. The van der Waals surface area contributed by atoms with Crippen molar-refractivity contribution in [1.29, 1.82) is 0 Å². The Morgan fingerprint density at radius 2 is 1.82 bits per heavy atom. The normalized spacial score (nSPS) is 14.4. The van der Waals surface area contributed by atoms with Crippen molar-refractivity contribution >= 4 is 28.9 Å². The van der Waals surface area contributed by atoms with E-state index in [0.29, 0.717) is 29.2 Å². The van der Waals surface area contributed by atoms with Crippen LogP contribution in [0.2, 0.25) is 5.02 Å². The van der Waals surface area contributed by atoms with E-state index in [1.807, 2.05) is 11.9 Å². The van der Waals surface area contributed by atoms with E-state index in [9.17, 15) is 18.0 Å². The van der Waals surface area contributed by atoms with Crippen LogP contribution in [0.3, 0.4) is 0 Å². The third kappa shape index (κ3) is 7.15. The lowest BCUT2D eigenvalue weighted by atomic mass is 9.97. The summed E-state index contributed by atoms with van der Waals surface area (Å²) in [7, 11) is 1.99. The zero-order chi connectivity index (χ0) is 28.2. The topological polar surface area (TPSA) is 66.8 Å². The van der Waals surface area contributed by atoms with Crippen LogP contribution >= 0.6 is 11.6 Å². The summed E-state index contributed by atoms with van der Waals surface area (Å²) in [5.74, 6) is 5.44. The van der Waals surface area contributed by atoms with E-state index in [-0.39, 0.29) is 46.9 Å². The summed E-state index contributed by atoms with van der Waals surface area (Å²) in [6.45, 7) is 10.3. The van der Waals surface area contributed by atoms with Gasteiger partial charge >= 0.3 is 6.18 Å². The molecule has 0 atom stereocenters. The Balaban J connectivity index is 1.55. The standard InChI is InChI=1S/C29H25ClF3N5O/c1-35-24-16-22(28(34)36-17-24)6-5-20-15-21(7-8-26(20)30)27(39)14-19-3-4-23(25(13-19)29(31,32)33)18-38-11-9-37(2)10-12-38/h3-4,7-8,13,15-17H,9-12,14,18H2,2H3,(H2,34,36). The molecule has 1 aliphatic rings. The van der Waals surface area contributed by atoms with Crippen LogP contribution in [0.15, 0.2) is 48.7 Å². The number of likely N-dealkylation sites (N-methyl/N-ethyl adjacent to an activating group) is 1. The fraction of sp³-hybridized carbons (Fsp3) is 0.276. The first-order chi connectivity index (χ1) is 18.5. The van der Waals surface area contributed by atoms with Gasteiger partial charge in [-0.2, -0.15) is 13.2 Å². The number of aromatic nitrogens is 1. The molecule has 0 unspecified atom stereocenters. The monoisotopic (exact) mass is 551 g/mol. The number of nitrogens with two attached hydrogens (primary N) is 1. The minimum absolute atomic E-state index is 0.148. The molecule has 1 aliphatic heterocycles. The molecule has 0 radical (unpaired) electrons. The number of hydrogen-bond acceptors (Lipinski definition) is 5. The van der Waals surface area contributed by atoms with Crippen LogP contribution in [0, 0.1) is 18.4 Å². The Morgan fingerprint density at radius 1 is 1.10 bits per heavy atom. The summed E-state index contributed by atoms with van der Waals surface area (Å²) < 4.78 is 41.8. The quantitative estimate of drug-likeness (QED) is 0.259. The van der Waals surface area contributed by atoms with E-state index in [0.717, 1.165) is 19.2 Å². The minimum atomic E-state index is -4.54. The Kier molecular flexibility index (Phi) is 8.57. The Hall–Kier alpha value is -3.89. The van der Waals surface area contributed by atoms with E-state index < -0.39 is 11.7 Å². The number of piperazine rings is 1. The van der Waals surface area contributed by atoms with Gasteiger partial charge in [-0.3, -0.25) is 14.7 Å². The summed E-state index contributed by atoms with van der Waals surface area (Å²) in [5, 5.41) is 0.291. The average Bonchev–Trinajstić information content (AvgIpc) is 2.90. The number of anilines is 1. The van der Waals surface area contributed by atoms with E-state index in [1.54, 1.807) is 6.07 Å². The predicted molar refractivity (Wildman–Crippen MR) is 145 cm³/mol. The van der Waals surface area contributed by atoms with Crippen molar-refractivity contribution in [3.05, 3.63) is 98.5 Å². The molecule has 6 nitrogen and oxygen atoms in total. The van der Waals surface area contributed by atoms with Gasteiger partial charge in [-0.15, -0.1) is 0 Å². The number of halogens is 4. The number of nitrogens with zero attached hydrogens (tertiary/aromatic N) is 4. The van der Waals surface area contributed by atoms with Crippen LogP contribution in [0.5, 0.6) is 0 Å². The molecule has 4 rings (SSSR count). The molecule has 1 aromatic heterocycles. The number of Topliss-reactive ketones (excluding diaryl/α,β-unsaturated/α-hetero) is 1. The molecule has 2 aromatic carbocycles. The highest BCUT2D eigenvalue weighted by Gasteiger charge is 2.34. The third-order valence-electron chi connectivity index (χ3n) is 6.49. The SMILES string of the molecule is [C-]#[N+]c1cnc(N)c(C#Cc2cc(C(=O)Cc3ccc(CN4CCN(C)CC4)c(C(F)(F)F)c3)ccc2Cl)c1. The molecule has 0 bridgehead atoms. The molecule has 200 valence electrons. The molecule has 10 heteroatoms. The molecule has 1 saturated heterocycles. The second-order valence-corrected chi connectivity index (χ2v) is 9.76. The van der Waals surface area contributed by atoms with Crippen molar-refractivity contribution in [2.75, 3.05) is 39.0 Å². The number of nitrogen functional groups attached to an aromatic ring is 1. The molecule has 0 aliphatic carbocycles. The van der Waals surface area contributed by atoms with Gasteiger partial charge in [-0.05, 0) is 48.5 Å². The summed E-state index contributed by atoms with van der Waals surface area (Å²) >= 11 is 6.26. The molecule has 3 aromatic rings. The number of carbonyl (C=O) groups excluding carboxylic acids is 1. The van der Waals surface area contributed by atoms with E-state index >= 15 is 0 Å². The number of ketones is 1. The lowest BCUT2D eigenvalue weighted by Crippen LogP contribution is -2.44. The molecule has 0 amide bonds. The van der Waals surface area contributed by atoms with Crippen molar-refractivity contribution in [3.63, 3.8) is 0 Å². The van der Waals surface area contributed by atoms with Crippen molar-refractivity contribution < 1.29 is 18.0 Å². The number of hydrogen-bond donors (Lipinski definition) is 1. The van der Waals surface area contributed by atoms with Crippen molar-refractivity contribution in [2.45, 2.75) is 19.1 Å². The number of carbonyl (C=O) groups is 1. The van der Waals surface area contributed by atoms with E-state index in [1.165, 1.54) is 36.5 Å². The second kappa shape index (κ2) is 11.9. The Morgan fingerprint density at radius 3 is 2.51 bits per heavy atom. The maximum atomic E-state index is 13.9. The zero-order valence-electron chi connectivity index (χ0n) is 21.1. The summed E-state index contributed by atoms with van der Waals surface area (Å²) in [4.78, 5) is 24.4. The van der Waals surface area contributed by atoms with Gasteiger partial charge in [0, 0.05) is 56.5 Å². The highest BCUT2D eigenvalue weighted by atomic mass is 35.5.